The standard InChI is InChI=1S/C11H17NO2/c1-14-11-9(6-3-7-12)4-2-5-10(11)8-13/h2,4-5,13H,3,6-8,12H2,1H3. The number of nitrogens with two attached hydrogens (primary N) is 1. The Bertz CT molecular complexity index is 287. The average Bonchev–Trinajstić information content (AvgIpc) is 2.25. The predicted molar refractivity (Wildman–Crippen MR) is 56.3 cm³/mol. The highest BCUT2D eigenvalue weighted by Crippen LogP contribution is 2.24. The normalized spacial score (nSPS) is 10.2. The molecule has 0 fully saturated rings. The van der Waals surface area contributed by atoms with Crippen LogP contribution in [-0.2, 0) is 13.0 Å². The summed E-state index contributed by atoms with van der Waals surface area (Å²) in [5.41, 5.74) is 7.40. The van der Waals surface area contributed by atoms with Crippen LogP contribution in [0.25, 0.3) is 0 Å². The second kappa shape index (κ2) is 5.62. The fraction of sp³-hybridized carbons (Fsp3) is 0.455. The smallest absolute Gasteiger partial charge is 0.127 e. The molecule has 0 aliphatic rings. The Kier molecular flexibility index (Phi) is 4.43. The Hall–Kier alpha value is -1.06. The van der Waals surface area contributed by atoms with Crippen molar-refractivity contribution in [2.75, 3.05) is 13.7 Å². The lowest BCUT2D eigenvalue weighted by molar-refractivity contribution is 0.273. The van der Waals surface area contributed by atoms with Gasteiger partial charge in [-0.2, -0.15) is 0 Å². The van der Waals surface area contributed by atoms with Gasteiger partial charge in [-0.1, -0.05) is 18.2 Å². The topological polar surface area (TPSA) is 55.5 Å². The van der Waals surface area contributed by atoms with E-state index in [0.29, 0.717) is 6.54 Å². The van der Waals surface area contributed by atoms with Crippen molar-refractivity contribution in [2.45, 2.75) is 19.4 Å². The highest BCUT2D eigenvalue weighted by Gasteiger charge is 2.06. The number of hydrogen-bond acceptors (Lipinski definition) is 3. The molecule has 0 amide bonds. The summed E-state index contributed by atoms with van der Waals surface area (Å²) in [5, 5.41) is 9.09. The minimum absolute atomic E-state index is 0.0135. The number of methoxy groups -OCH3 is 1. The number of aliphatic hydroxyl groups is 1. The summed E-state index contributed by atoms with van der Waals surface area (Å²) in [6.07, 6.45) is 1.83. The molecule has 0 radical (unpaired) electrons. The van der Waals surface area contributed by atoms with E-state index in [4.69, 9.17) is 15.6 Å². The number of benzene rings is 1. The second-order valence-corrected chi connectivity index (χ2v) is 3.16. The molecule has 0 spiro atoms. The molecule has 1 aromatic rings. The molecule has 0 bridgehead atoms. The van der Waals surface area contributed by atoms with Crippen molar-refractivity contribution in [3.63, 3.8) is 0 Å². The molecule has 0 saturated carbocycles. The molecular weight excluding hydrogens is 178 g/mol. The van der Waals surface area contributed by atoms with Crippen molar-refractivity contribution in [1.29, 1.82) is 0 Å². The second-order valence-electron chi connectivity index (χ2n) is 3.16. The van der Waals surface area contributed by atoms with Crippen molar-refractivity contribution in [3.05, 3.63) is 29.3 Å². The van der Waals surface area contributed by atoms with Gasteiger partial charge in [-0.3, -0.25) is 0 Å². The molecule has 0 aromatic heterocycles. The Morgan fingerprint density at radius 3 is 2.64 bits per heavy atom. The monoisotopic (exact) mass is 195 g/mol. The molecule has 14 heavy (non-hydrogen) atoms. The zero-order chi connectivity index (χ0) is 10.4. The van der Waals surface area contributed by atoms with Crippen LogP contribution in [0.5, 0.6) is 5.75 Å². The lowest BCUT2D eigenvalue weighted by Gasteiger charge is -2.11. The largest absolute Gasteiger partial charge is 0.496 e. The molecule has 78 valence electrons. The Balaban J connectivity index is 2.90. The number of ether oxygens (including phenoxy) is 1. The van der Waals surface area contributed by atoms with Gasteiger partial charge in [0.05, 0.1) is 13.7 Å². The Labute approximate surface area is 84.5 Å². The number of aryl methyl sites for hydroxylation is 1. The molecule has 0 aliphatic heterocycles. The molecule has 0 aliphatic carbocycles. The van der Waals surface area contributed by atoms with Gasteiger partial charge in [-0.05, 0) is 24.9 Å². The van der Waals surface area contributed by atoms with Crippen molar-refractivity contribution in [1.82, 2.24) is 0 Å². The van der Waals surface area contributed by atoms with Crippen LogP contribution in [0.2, 0.25) is 0 Å². The minimum Gasteiger partial charge on any atom is -0.496 e. The Morgan fingerprint density at radius 1 is 1.36 bits per heavy atom. The first-order chi connectivity index (χ1) is 6.83. The van der Waals surface area contributed by atoms with Crippen LogP contribution in [0, 0.1) is 0 Å². The van der Waals surface area contributed by atoms with Crippen LogP contribution < -0.4 is 10.5 Å². The summed E-state index contributed by atoms with van der Waals surface area (Å²) in [6.45, 7) is 0.687. The van der Waals surface area contributed by atoms with Crippen molar-refractivity contribution >= 4 is 0 Å². The van der Waals surface area contributed by atoms with Gasteiger partial charge in [-0.15, -0.1) is 0 Å². The van der Waals surface area contributed by atoms with E-state index in [1.807, 2.05) is 18.2 Å². The summed E-state index contributed by atoms with van der Waals surface area (Å²) >= 11 is 0. The molecule has 0 unspecified atom stereocenters. The third-order valence-corrected chi connectivity index (χ3v) is 2.20. The third-order valence-electron chi connectivity index (χ3n) is 2.20. The van der Waals surface area contributed by atoms with Gasteiger partial charge in [-0.25, -0.2) is 0 Å². The van der Waals surface area contributed by atoms with Crippen molar-refractivity contribution in [3.8, 4) is 5.75 Å². The fourth-order valence-electron chi connectivity index (χ4n) is 1.51. The summed E-state index contributed by atoms with van der Waals surface area (Å²) in [4.78, 5) is 0. The van der Waals surface area contributed by atoms with Gasteiger partial charge in [0.25, 0.3) is 0 Å². The fourth-order valence-corrected chi connectivity index (χ4v) is 1.51. The summed E-state index contributed by atoms with van der Waals surface area (Å²) in [5.74, 6) is 0.795. The maximum Gasteiger partial charge on any atom is 0.127 e. The molecule has 3 nitrogen and oxygen atoms in total. The van der Waals surface area contributed by atoms with E-state index in [9.17, 15) is 0 Å². The van der Waals surface area contributed by atoms with Crippen molar-refractivity contribution in [2.24, 2.45) is 5.73 Å². The van der Waals surface area contributed by atoms with E-state index in [2.05, 4.69) is 0 Å². The van der Waals surface area contributed by atoms with Gasteiger partial charge in [0.15, 0.2) is 0 Å². The molecule has 0 heterocycles. The van der Waals surface area contributed by atoms with Crippen LogP contribution in [-0.4, -0.2) is 18.8 Å². The first kappa shape index (κ1) is 11.0. The Morgan fingerprint density at radius 2 is 2.07 bits per heavy atom. The van der Waals surface area contributed by atoms with Crippen LogP contribution in [0.4, 0.5) is 0 Å². The molecule has 1 aromatic carbocycles. The van der Waals surface area contributed by atoms with E-state index >= 15 is 0 Å². The minimum atomic E-state index is 0.0135. The van der Waals surface area contributed by atoms with E-state index in [1.165, 1.54) is 0 Å². The first-order valence-corrected chi connectivity index (χ1v) is 4.79. The maximum atomic E-state index is 9.09. The number of para-hydroxylation sites is 1. The van der Waals surface area contributed by atoms with Crippen molar-refractivity contribution < 1.29 is 9.84 Å². The molecule has 1 rings (SSSR count). The lowest BCUT2D eigenvalue weighted by Crippen LogP contribution is -2.03. The zero-order valence-electron chi connectivity index (χ0n) is 8.49. The number of rotatable bonds is 5. The highest BCUT2D eigenvalue weighted by atomic mass is 16.5. The summed E-state index contributed by atoms with van der Waals surface area (Å²) in [7, 11) is 1.63. The lowest BCUT2D eigenvalue weighted by atomic mass is 10.0. The van der Waals surface area contributed by atoms with Crippen LogP contribution in [0.15, 0.2) is 18.2 Å². The third kappa shape index (κ3) is 2.47. The molecule has 3 heteroatoms. The molecular formula is C11H17NO2. The van der Waals surface area contributed by atoms with Crippen LogP contribution in [0.3, 0.4) is 0 Å². The van der Waals surface area contributed by atoms with E-state index in [1.54, 1.807) is 7.11 Å². The van der Waals surface area contributed by atoms with E-state index in [-0.39, 0.29) is 6.61 Å². The molecule has 0 atom stereocenters. The van der Waals surface area contributed by atoms with Gasteiger partial charge in [0, 0.05) is 5.56 Å². The molecule has 0 saturated heterocycles. The van der Waals surface area contributed by atoms with Gasteiger partial charge >= 0.3 is 0 Å². The number of aliphatic hydroxyl groups excluding tert-OH is 1. The zero-order valence-corrected chi connectivity index (χ0v) is 8.49. The van der Waals surface area contributed by atoms with Gasteiger partial charge in [0.1, 0.15) is 5.75 Å². The quantitative estimate of drug-likeness (QED) is 0.739. The summed E-state index contributed by atoms with van der Waals surface area (Å²) in [6, 6.07) is 5.80. The number of hydrogen-bond donors (Lipinski definition) is 2. The van der Waals surface area contributed by atoms with Gasteiger partial charge < -0.3 is 15.6 Å². The molecule has 3 N–H and O–H groups in total. The summed E-state index contributed by atoms with van der Waals surface area (Å²) < 4.78 is 5.26. The van der Waals surface area contributed by atoms with Crippen LogP contribution >= 0.6 is 0 Å². The van der Waals surface area contributed by atoms with Crippen LogP contribution in [0.1, 0.15) is 17.5 Å². The van der Waals surface area contributed by atoms with E-state index < -0.39 is 0 Å². The highest BCUT2D eigenvalue weighted by molar-refractivity contribution is 5.41. The van der Waals surface area contributed by atoms with Gasteiger partial charge in [0.2, 0.25) is 0 Å². The van der Waals surface area contributed by atoms with E-state index in [0.717, 1.165) is 29.7 Å². The maximum absolute atomic E-state index is 9.09. The predicted octanol–water partition coefficient (Wildman–Crippen LogP) is 1.08. The SMILES string of the molecule is COc1c(CO)cccc1CCCN. The first-order valence-electron chi connectivity index (χ1n) is 4.79. The average molecular weight is 195 g/mol.